The van der Waals surface area contributed by atoms with Crippen molar-refractivity contribution in [2.75, 3.05) is 13.2 Å². The summed E-state index contributed by atoms with van der Waals surface area (Å²) in [6.07, 6.45) is 0.393. The van der Waals surface area contributed by atoms with Crippen molar-refractivity contribution in [3.05, 3.63) is 102 Å². The molecule has 26 heavy (non-hydrogen) atoms. The molecule has 0 amide bonds. The van der Waals surface area contributed by atoms with Crippen LogP contribution in [0.4, 0.5) is 0 Å². The molecule has 0 atom stereocenters. The Labute approximate surface area is 154 Å². The topological polar surface area (TPSA) is 35.5 Å². The second-order valence-electron chi connectivity index (χ2n) is 6.00. The smallest absolute Gasteiger partial charge is 0.167 e. The van der Waals surface area contributed by atoms with E-state index in [0.717, 1.165) is 22.4 Å². The van der Waals surface area contributed by atoms with Gasteiger partial charge in [0.25, 0.3) is 0 Å². The number of ether oxygens (including phenoxy) is 2. The summed E-state index contributed by atoms with van der Waals surface area (Å²) in [5.41, 5.74) is 2.87. The molecule has 0 spiro atoms. The van der Waals surface area contributed by atoms with Gasteiger partial charge >= 0.3 is 0 Å². The predicted molar refractivity (Wildman–Crippen MR) is 103 cm³/mol. The van der Waals surface area contributed by atoms with Crippen LogP contribution in [0.3, 0.4) is 0 Å². The van der Waals surface area contributed by atoms with Crippen LogP contribution >= 0.6 is 0 Å². The highest BCUT2D eigenvalue weighted by atomic mass is 16.5. The lowest BCUT2D eigenvalue weighted by Gasteiger charge is -2.08. The summed E-state index contributed by atoms with van der Waals surface area (Å²) in [4.78, 5) is 12.2. The second kappa shape index (κ2) is 9.54. The lowest BCUT2D eigenvalue weighted by atomic mass is 10.0. The van der Waals surface area contributed by atoms with E-state index in [1.165, 1.54) is 0 Å². The molecule has 0 saturated heterocycles. The van der Waals surface area contributed by atoms with Crippen LogP contribution < -0.4 is 4.74 Å². The fourth-order valence-corrected chi connectivity index (χ4v) is 2.60. The standard InChI is InChI=1S/C23H22O3/c24-23(21-9-5-2-6-10-21)17-19-11-13-22(14-12-19)26-16-15-25-18-20-7-3-1-4-8-20/h1-14H,15-18H2. The molecular formula is C23H22O3. The molecule has 0 N–H and O–H groups in total. The van der Waals surface area contributed by atoms with Gasteiger partial charge in [0.15, 0.2) is 5.78 Å². The van der Waals surface area contributed by atoms with Crippen molar-refractivity contribution in [1.82, 2.24) is 0 Å². The average molecular weight is 346 g/mol. The Morgan fingerprint density at radius 3 is 2.04 bits per heavy atom. The average Bonchev–Trinajstić information content (AvgIpc) is 2.70. The first-order valence-corrected chi connectivity index (χ1v) is 8.73. The van der Waals surface area contributed by atoms with Crippen molar-refractivity contribution >= 4 is 5.78 Å². The Morgan fingerprint density at radius 1 is 0.692 bits per heavy atom. The Morgan fingerprint density at radius 2 is 1.35 bits per heavy atom. The zero-order valence-corrected chi connectivity index (χ0v) is 14.6. The van der Waals surface area contributed by atoms with Gasteiger partial charge in [-0.05, 0) is 23.3 Å². The van der Waals surface area contributed by atoms with E-state index in [2.05, 4.69) is 0 Å². The molecule has 0 aliphatic rings. The molecule has 0 fully saturated rings. The molecule has 3 nitrogen and oxygen atoms in total. The number of carbonyl (C=O) groups is 1. The van der Waals surface area contributed by atoms with Gasteiger partial charge in [-0.3, -0.25) is 4.79 Å². The van der Waals surface area contributed by atoms with Crippen molar-refractivity contribution in [1.29, 1.82) is 0 Å². The maximum absolute atomic E-state index is 12.2. The van der Waals surface area contributed by atoms with Gasteiger partial charge in [-0.25, -0.2) is 0 Å². The van der Waals surface area contributed by atoms with Crippen LogP contribution in [-0.4, -0.2) is 19.0 Å². The summed E-state index contributed by atoms with van der Waals surface area (Å²) in [6.45, 7) is 1.61. The summed E-state index contributed by atoms with van der Waals surface area (Å²) in [7, 11) is 0. The van der Waals surface area contributed by atoms with E-state index in [1.54, 1.807) is 0 Å². The predicted octanol–water partition coefficient (Wildman–Crippen LogP) is 4.71. The van der Waals surface area contributed by atoms with E-state index in [0.29, 0.717) is 26.2 Å². The van der Waals surface area contributed by atoms with E-state index < -0.39 is 0 Å². The number of Topliss-reactive ketones (excluding diaryl/α,β-unsaturated/α-hetero) is 1. The first-order valence-electron chi connectivity index (χ1n) is 8.73. The number of ketones is 1. The fourth-order valence-electron chi connectivity index (χ4n) is 2.60. The van der Waals surface area contributed by atoms with E-state index >= 15 is 0 Å². The minimum Gasteiger partial charge on any atom is -0.491 e. The molecule has 0 radical (unpaired) electrons. The van der Waals surface area contributed by atoms with Crippen molar-refractivity contribution in [2.45, 2.75) is 13.0 Å². The molecule has 3 aromatic rings. The van der Waals surface area contributed by atoms with E-state index in [-0.39, 0.29) is 5.78 Å². The van der Waals surface area contributed by atoms with Crippen molar-refractivity contribution < 1.29 is 14.3 Å². The molecule has 0 bridgehead atoms. The van der Waals surface area contributed by atoms with Crippen molar-refractivity contribution in [3.63, 3.8) is 0 Å². The molecule has 132 valence electrons. The van der Waals surface area contributed by atoms with Gasteiger partial charge in [0.1, 0.15) is 12.4 Å². The van der Waals surface area contributed by atoms with E-state index in [9.17, 15) is 4.79 Å². The van der Waals surface area contributed by atoms with E-state index in [4.69, 9.17) is 9.47 Å². The third kappa shape index (κ3) is 5.57. The minimum absolute atomic E-state index is 0.119. The first-order chi connectivity index (χ1) is 12.8. The number of hydrogen-bond donors (Lipinski definition) is 0. The highest BCUT2D eigenvalue weighted by molar-refractivity contribution is 5.97. The number of hydrogen-bond acceptors (Lipinski definition) is 3. The largest absolute Gasteiger partial charge is 0.491 e. The SMILES string of the molecule is O=C(Cc1ccc(OCCOCc2ccccc2)cc1)c1ccccc1. The maximum Gasteiger partial charge on any atom is 0.167 e. The molecule has 3 aromatic carbocycles. The normalized spacial score (nSPS) is 10.5. The van der Waals surface area contributed by atoms with Gasteiger partial charge in [0.05, 0.1) is 13.2 Å². The first kappa shape index (κ1) is 17.9. The lowest BCUT2D eigenvalue weighted by Crippen LogP contribution is -2.07. The third-order valence-electron chi connectivity index (χ3n) is 3.99. The molecule has 0 saturated carbocycles. The summed E-state index contributed by atoms with van der Waals surface area (Å²) in [5, 5.41) is 0. The molecule has 0 aliphatic carbocycles. The number of benzene rings is 3. The number of rotatable bonds is 9. The summed E-state index contributed by atoms with van der Waals surface area (Å²) in [6, 6.07) is 27.1. The molecule has 0 aliphatic heterocycles. The molecule has 0 heterocycles. The zero-order valence-electron chi connectivity index (χ0n) is 14.6. The van der Waals surface area contributed by atoms with Crippen LogP contribution in [0.5, 0.6) is 5.75 Å². The lowest BCUT2D eigenvalue weighted by molar-refractivity contribution is 0.0889. The highest BCUT2D eigenvalue weighted by Crippen LogP contribution is 2.14. The van der Waals surface area contributed by atoms with Gasteiger partial charge in [-0.15, -0.1) is 0 Å². The summed E-state index contributed by atoms with van der Waals surface area (Å²) in [5.74, 6) is 0.901. The Bertz CT molecular complexity index is 796. The second-order valence-corrected chi connectivity index (χ2v) is 6.00. The minimum atomic E-state index is 0.119. The van der Waals surface area contributed by atoms with Crippen LogP contribution in [0.1, 0.15) is 21.5 Å². The molecule has 3 rings (SSSR count). The summed E-state index contributed by atoms with van der Waals surface area (Å²) < 4.78 is 11.3. The Hall–Kier alpha value is -2.91. The van der Waals surface area contributed by atoms with Gasteiger partial charge in [0, 0.05) is 12.0 Å². The van der Waals surface area contributed by atoms with Gasteiger partial charge in [-0.2, -0.15) is 0 Å². The van der Waals surface area contributed by atoms with Crippen LogP contribution in [0.25, 0.3) is 0 Å². The quantitative estimate of drug-likeness (QED) is 0.416. The maximum atomic E-state index is 12.2. The van der Waals surface area contributed by atoms with Crippen LogP contribution in [0.2, 0.25) is 0 Å². The van der Waals surface area contributed by atoms with Crippen molar-refractivity contribution in [2.24, 2.45) is 0 Å². The number of carbonyl (C=O) groups excluding carboxylic acids is 1. The molecular weight excluding hydrogens is 324 g/mol. The van der Waals surface area contributed by atoms with Gasteiger partial charge < -0.3 is 9.47 Å². The Balaban J connectivity index is 1.39. The Kier molecular flexibility index (Phi) is 6.57. The molecule has 0 unspecified atom stereocenters. The fraction of sp³-hybridized carbons (Fsp3) is 0.174. The third-order valence-corrected chi connectivity index (χ3v) is 3.99. The summed E-state index contributed by atoms with van der Waals surface area (Å²) >= 11 is 0. The van der Waals surface area contributed by atoms with Gasteiger partial charge in [0.2, 0.25) is 0 Å². The van der Waals surface area contributed by atoms with Gasteiger partial charge in [-0.1, -0.05) is 72.8 Å². The monoisotopic (exact) mass is 346 g/mol. The zero-order chi connectivity index (χ0) is 18.0. The van der Waals surface area contributed by atoms with Crippen molar-refractivity contribution in [3.8, 4) is 5.75 Å². The van der Waals surface area contributed by atoms with Crippen LogP contribution in [0.15, 0.2) is 84.9 Å². The molecule has 0 aromatic heterocycles. The molecule has 3 heteroatoms. The van der Waals surface area contributed by atoms with Crippen LogP contribution in [-0.2, 0) is 17.8 Å². The highest BCUT2D eigenvalue weighted by Gasteiger charge is 2.06. The van der Waals surface area contributed by atoms with Crippen LogP contribution in [0, 0.1) is 0 Å². The van der Waals surface area contributed by atoms with E-state index in [1.807, 2.05) is 84.9 Å².